The first-order valence-corrected chi connectivity index (χ1v) is 3.51. The quantitative estimate of drug-likeness (QED) is 0.593. The fourth-order valence-corrected chi connectivity index (χ4v) is 0.798. The Hall–Kier alpha value is -0.0800. The lowest BCUT2D eigenvalue weighted by molar-refractivity contribution is 0.0953. The molecule has 0 bridgehead atoms. The van der Waals surface area contributed by atoms with Gasteiger partial charge in [0.25, 0.3) is 0 Å². The zero-order valence-corrected chi connectivity index (χ0v) is 6.17. The minimum Gasteiger partial charge on any atom is -0.396 e. The minimum absolute atomic E-state index is 0.179. The van der Waals surface area contributed by atoms with Crippen LogP contribution in [-0.4, -0.2) is 22.9 Å². The third kappa shape index (κ3) is 3.49. The highest BCUT2D eigenvalue weighted by molar-refractivity contribution is 4.61. The van der Waals surface area contributed by atoms with Crippen molar-refractivity contribution in [3.05, 3.63) is 0 Å². The van der Waals surface area contributed by atoms with E-state index in [4.69, 9.17) is 10.2 Å². The van der Waals surface area contributed by atoms with Crippen molar-refractivity contribution in [1.29, 1.82) is 0 Å². The van der Waals surface area contributed by atoms with Crippen LogP contribution in [0.25, 0.3) is 0 Å². The first kappa shape index (κ1) is 8.92. The molecule has 0 radical (unpaired) electrons. The Labute approximate surface area is 56.5 Å². The molecular formula is C7H16O2. The van der Waals surface area contributed by atoms with E-state index in [2.05, 4.69) is 0 Å². The number of hydrogen-bond acceptors (Lipinski definition) is 2. The summed E-state index contributed by atoms with van der Waals surface area (Å²) in [4.78, 5) is 0. The lowest BCUT2D eigenvalue weighted by Crippen LogP contribution is -2.17. The average molecular weight is 132 g/mol. The molecule has 2 heteroatoms. The Bertz CT molecular complexity index is 63.9. The Kier molecular flexibility index (Phi) is 4.72. The van der Waals surface area contributed by atoms with E-state index < -0.39 is 0 Å². The number of hydrogen-bond donors (Lipinski definition) is 2. The third-order valence-corrected chi connectivity index (χ3v) is 1.66. The molecule has 0 aromatic carbocycles. The summed E-state index contributed by atoms with van der Waals surface area (Å²) in [5, 5.41) is 17.6. The Morgan fingerprint density at radius 3 is 2.33 bits per heavy atom. The molecule has 56 valence electrons. The number of aliphatic hydroxyl groups excluding tert-OH is 2. The van der Waals surface area contributed by atoms with Crippen LogP contribution in [0.4, 0.5) is 0 Å². The smallest absolute Gasteiger partial charge is 0.0564 e. The third-order valence-electron chi connectivity index (χ3n) is 1.66. The van der Waals surface area contributed by atoms with E-state index in [0.29, 0.717) is 6.42 Å². The molecule has 9 heavy (non-hydrogen) atoms. The molecule has 0 heterocycles. The average Bonchev–Trinajstić information content (AvgIpc) is 1.87. The standard InChI is InChI=1S/C7H16O2/c1-3-7(9)6(2)4-5-8/h6-9H,3-5H2,1-2H3/t6-,7+/m0/s1. The Balaban J connectivity index is 3.32. The van der Waals surface area contributed by atoms with E-state index in [9.17, 15) is 0 Å². The van der Waals surface area contributed by atoms with Gasteiger partial charge in [0.05, 0.1) is 6.10 Å². The summed E-state index contributed by atoms with van der Waals surface area (Å²) in [5.74, 6) is 0.236. The topological polar surface area (TPSA) is 40.5 Å². The van der Waals surface area contributed by atoms with Crippen LogP contribution in [-0.2, 0) is 0 Å². The molecule has 0 aliphatic rings. The van der Waals surface area contributed by atoms with Crippen molar-refractivity contribution in [2.45, 2.75) is 32.8 Å². The van der Waals surface area contributed by atoms with E-state index >= 15 is 0 Å². The summed E-state index contributed by atoms with van der Waals surface area (Å²) in [6, 6.07) is 0. The van der Waals surface area contributed by atoms with Crippen LogP contribution in [0.2, 0.25) is 0 Å². The summed E-state index contributed by atoms with van der Waals surface area (Å²) in [7, 11) is 0. The maximum Gasteiger partial charge on any atom is 0.0564 e. The van der Waals surface area contributed by atoms with E-state index in [0.717, 1.165) is 6.42 Å². The fourth-order valence-electron chi connectivity index (χ4n) is 0.798. The van der Waals surface area contributed by atoms with Gasteiger partial charge in [-0.25, -0.2) is 0 Å². The van der Waals surface area contributed by atoms with E-state index in [1.807, 2.05) is 13.8 Å². The molecule has 0 spiro atoms. The maximum absolute atomic E-state index is 9.15. The fraction of sp³-hybridized carbons (Fsp3) is 1.00. The van der Waals surface area contributed by atoms with Crippen LogP contribution in [0.3, 0.4) is 0 Å². The highest BCUT2D eigenvalue weighted by atomic mass is 16.3. The van der Waals surface area contributed by atoms with Gasteiger partial charge in [0.1, 0.15) is 0 Å². The Morgan fingerprint density at radius 2 is 2.00 bits per heavy atom. The van der Waals surface area contributed by atoms with Crippen LogP contribution >= 0.6 is 0 Å². The lowest BCUT2D eigenvalue weighted by Gasteiger charge is -2.14. The second-order valence-corrected chi connectivity index (χ2v) is 2.47. The molecule has 0 saturated heterocycles. The molecule has 2 nitrogen and oxygen atoms in total. The van der Waals surface area contributed by atoms with Gasteiger partial charge in [0, 0.05) is 6.61 Å². The summed E-state index contributed by atoms with van der Waals surface area (Å²) in [6.45, 7) is 4.07. The van der Waals surface area contributed by atoms with Gasteiger partial charge >= 0.3 is 0 Å². The molecule has 0 amide bonds. The molecule has 0 aromatic rings. The van der Waals surface area contributed by atoms with Crippen molar-refractivity contribution in [1.82, 2.24) is 0 Å². The molecule has 2 atom stereocenters. The molecule has 0 aliphatic carbocycles. The van der Waals surface area contributed by atoms with Gasteiger partial charge in [0.2, 0.25) is 0 Å². The predicted octanol–water partition coefficient (Wildman–Crippen LogP) is 0.776. The predicted molar refractivity (Wildman–Crippen MR) is 37.2 cm³/mol. The highest BCUT2D eigenvalue weighted by Gasteiger charge is 2.09. The van der Waals surface area contributed by atoms with Gasteiger partial charge in [-0.1, -0.05) is 13.8 Å². The van der Waals surface area contributed by atoms with Crippen LogP contribution < -0.4 is 0 Å². The second kappa shape index (κ2) is 4.77. The van der Waals surface area contributed by atoms with Gasteiger partial charge in [-0.15, -0.1) is 0 Å². The van der Waals surface area contributed by atoms with Gasteiger partial charge < -0.3 is 10.2 Å². The first-order valence-electron chi connectivity index (χ1n) is 3.51. The maximum atomic E-state index is 9.15. The van der Waals surface area contributed by atoms with E-state index in [-0.39, 0.29) is 18.6 Å². The first-order chi connectivity index (χ1) is 4.22. The van der Waals surface area contributed by atoms with Crippen LogP contribution in [0.1, 0.15) is 26.7 Å². The van der Waals surface area contributed by atoms with Crippen molar-refractivity contribution in [2.75, 3.05) is 6.61 Å². The minimum atomic E-state index is -0.239. The number of rotatable bonds is 4. The van der Waals surface area contributed by atoms with Crippen LogP contribution in [0, 0.1) is 5.92 Å². The summed E-state index contributed by atoms with van der Waals surface area (Å²) < 4.78 is 0. The molecular weight excluding hydrogens is 116 g/mol. The van der Waals surface area contributed by atoms with Crippen molar-refractivity contribution < 1.29 is 10.2 Å². The molecule has 0 saturated carbocycles. The molecule has 0 aromatic heterocycles. The van der Waals surface area contributed by atoms with Gasteiger partial charge in [0.15, 0.2) is 0 Å². The summed E-state index contributed by atoms with van der Waals surface area (Å²) >= 11 is 0. The van der Waals surface area contributed by atoms with Crippen molar-refractivity contribution in [2.24, 2.45) is 5.92 Å². The van der Waals surface area contributed by atoms with Crippen LogP contribution in [0.15, 0.2) is 0 Å². The Morgan fingerprint density at radius 1 is 1.44 bits per heavy atom. The van der Waals surface area contributed by atoms with Crippen LogP contribution in [0.5, 0.6) is 0 Å². The van der Waals surface area contributed by atoms with E-state index in [1.165, 1.54) is 0 Å². The highest BCUT2D eigenvalue weighted by Crippen LogP contribution is 2.09. The normalized spacial score (nSPS) is 17.3. The molecule has 0 rings (SSSR count). The monoisotopic (exact) mass is 132 g/mol. The van der Waals surface area contributed by atoms with Gasteiger partial charge in [-0.3, -0.25) is 0 Å². The SMILES string of the molecule is CC[C@@H](O)[C@@H](C)CCO. The second-order valence-electron chi connectivity index (χ2n) is 2.47. The molecule has 0 fully saturated rings. The number of aliphatic hydroxyl groups is 2. The van der Waals surface area contributed by atoms with Gasteiger partial charge in [-0.05, 0) is 18.8 Å². The molecule has 0 aliphatic heterocycles. The van der Waals surface area contributed by atoms with E-state index in [1.54, 1.807) is 0 Å². The van der Waals surface area contributed by atoms with Gasteiger partial charge in [-0.2, -0.15) is 0 Å². The summed E-state index contributed by atoms with van der Waals surface area (Å²) in [5.41, 5.74) is 0. The lowest BCUT2D eigenvalue weighted by atomic mass is 10.00. The largest absolute Gasteiger partial charge is 0.396 e. The molecule has 2 N–H and O–H groups in total. The summed E-state index contributed by atoms with van der Waals surface area (Å²) in [6.07, 6.45) is 1.24. The van der Waals surface area contributed by atoms with Crippen molar-refractivity contribution in [3.8, 4) is 0 Å². The zero-order valence-electron chi connectivity index (χ0n) is 6.17. The van der Waals surface area contributed by atoms with Crippen molar-refractivity contribution >= 4 is 0 Å². The van der Waals surface area contributed by atoms with Crippen molar-refractivity contribution in [3.63, 3.8) is 0 Å². The zero-order chi connectivity index (χ0) is 7.28. The molecule has 0 unspecified atom stereocenters.